The van der Waals surface area contributed by atoms with Crippen molar-refractivity contribution in [3.05, 3.63) is 0 Å². The number of carboxylic acid groups (broad SMARTS) is 1. The maximum absolute atomic E-state index is 11.6. The molecule has 0 aromatic heterocycles. The molecule has 0 spiro atoms. The fourth-order valence-corrected chi connectivity index (χ4v) is 3.23. The molecule has 2 aliphatic heterocycles. The van der Waals surface area contributed by atoms with E-state index in [9.17, 15) is 14.4 Å². The van der Waals surface area contributed by atoms with Gasteiger partial charge in [-0.2, -0.15) is 0 Å². The predicted molar refractivity (Wildman–Crippen MR) is 137 cm³/mol. The van der Waals surface area contributed by atoms with E-state index in [0.717, 1.165) is 6.32 Å². The van der Waals surface area contributed by atoms with Crippen LogP contribution >= 0.6 is 0 Å². The van der Waals surface area contributed by atoms with E-state index in [1.807, 2.05) is 13.8 Å². The number of carbonyl (C=O) groups excluding carboxylic acids is 2. The number of rotatable bonds is 7. The van der Waals surface area contributed by atoms with Crippen molar-refractivity contribution in [1.82, 2.24) is 16.0 Å². The van der Waals surface area contributed by atoms with Crippen LogP contribution in [0.3, 0.4) is 0 Å². The largest absolute Gasteiger partial charge is 0.480 e. The summed E-state index contributed by atoms with van der Waals surface area (Å²) in [5.74, 6) is -1.32. The van der Waals surface area contributed by atoms with Gasteiger partial charge in [-0.3, -0.25) is 9.59 Å². The first-order valence-corrected chi connectivity index (χ1v) is 12.6. The number of unbranched alkanes of at least 4 members (excludes halogenated alkanes) is 1. The molecular formula is C24H48BN3O7. The SMILES string of the molecule is CC.CC(C)(C)OC(=O)NCC(=O)NC1CNC(C(=O)O)C1.CCCCB1OC(C)(C)C(C)(C)O1. The molecule has 2 rings (SSSR count). The van der Waals surface area contributed by atoms with Gasteiger partial charge in [0, 0.05) is 12.6 Å². The Kier molecular flexibility index (Phi) is 13.9. The fraction of sp³-hybridized carbons (Fsp3) is 0.875. The number of hydrogen-bond acceptors (Lipinski definition) is 7. The summed E-state index contributed by atoms with van der Waals surface area (Å²) < 4.78 is 16.7. The van der Waals surface area contributed by atoms with Crippen LogP contribution in [0.4, 0.5) is 4.79 Å². The molecule has 11 heteroatoms. The number of hydrogen-bond donors (Lipinski definition) is 4. The number of carboxylic acids is 1. The van der Waals surface area contributed by atoms with Crippen molar-refractivity contribution in [3.63, 3.8) is 0 Å². The van der Waals surface area contributed by atoms with Gasteiger partial charge in [-0.25, -0.2) is 4.79 Å². The van der Waals surface area contributed by atoms with Gasteiger partial charge in [-0.15, -0.1) is 0 Å². The van der Waals surface area contributed by atoms with E-state index in [4.69, 9.17) is 19.2 Å². The highest BCUT2D eigenvalue weighted by molar-refractivity contribution is 6.45. The van der Waals surface area contributed by atoms with Crippen molar-refractivity contribution in [2.75, 3.05) is 13.1 Å². The quantitative estimate of drug-likeness (QED) is 0.390. The Bertz CT molecular complexity index is 665. The molecule has 2 amide bonds. The molecule has 35 heavy (non-hydrogen) atoms. The van der Waals surface area contributed by atoms with Crippen LogP contribution in [0.5, 0.6) is 0 Å². The summed E-state index contributed by atoms with van der Waals surface area (Å²) in [6.07, 6.45) is 3.05. The van der Waals surface area contributed by atoms with E-state index < -0.39 is 23.7 Å². The molecule has 204 valence electrons. The lowest BCUT2D eigenvalue weighted by Gasteiger charge is -2.32. The zero-order valence-electron chi connectivity index (χ0n) is 23.4. The van der Waals surface area contributed by atoms with Gasteiger partial charge in [0.05, 0.1) is 11.2 Å². The third-order valence-corrected chi connectivity index (χ3v) is 5.68. The molecule has 2 unspecified atom stereocenters. The highest BCUT2D eigenvalue weighted by Gasteiger charge is 2.50. The summed E-state index contributed by atoms with van der Waals surface area (Å²) in [5.41, 5.74) is -0.943. The minimum atomic E-state index is -0.936. The van der Waals surface area contributed by atoms with Crippen molar-refractivity contribution in [2.45, 2.75) is 124 Å². The number of carbonyl (C=O) groups is 3. The van der Waals surface area contributed by atoms with E-state index >= 15 is 0 Å². The summed E-state index contributed by atoms with van der Waals surface area (Å²) >= 11 is 0. The Morgan fingerprint density at radius 2 is 1.66 bits per heavy atom. The summed E-state index contributed by atoms with van der Waals surface area (Å²) in [6, 6.07) is -0.886. The van der Waals surface area contributed by atoms with Crippen molar-refractivity contribution in [1.29, 1.82) is 0 Å². The van der Waals surface area contributed by atoms with Gasteiger partial charge in [0.2, 0.25) is 5.91 Å². The molecule has 0 radical (unpaired) electrons. The second-order valence-electron chi connectivity index (χ2n) is 10.5. The van der Waals surface area contributed by atoms with Gasteiger partial charge in [0.1, 0.15) is 18.2 Å². The lowest BCUT2D eigenvalue weighted by molar-refractivity contribution is -0.139. The molecule has 0 bridgehead atoms. The van der Waals surface area contributed by atoms with Crippen molar-refractivity contribution >= 4 is 25.1 Å². The minimum Gasteiger partial charge on any atom is -0.480 e. The number of alkyl carbamates (subject to hydrolysis) is 1. The Morgan fingerprint density at radius 1 is 1.11 bits per heavy atom. The molecule has 2 heterocycles. The molecule has 0 aliphatic carbocycles. The van der Waals surface area contributed by atoms with Crippen molar-refractivity contribution in [2.24, 2.45) is 0 Å². The maximum Gasteiger partial charge on any atom is 0.457 e. The maximum atomic E-state index is 11.6. The molecule has 0 aromatic rings. The van der Waals surface area contributed by atoms with E-state index in [0.29, 0.717) is 13.0 Å². The summed E-state index contributed by atoms with van der Waals surface area (Å²) in [5, 5.41) is 16.6. The minimum absolute atomic E-state index is 0.00458. The molecule has 0 aromatic carbocycles. The van der Waals surface area contributed by atoms with Crippen LogP contribution < -0.4 is 16.0 Å². The average molecular weight is 501 g/mol. The van der Waals surface area contributed by atoms with Crippen LogP contribution in [0.15, 0.2) is 0 Å². The highest BCUT2D eigenvalue weighted by Crippen LogP contribution is 2.37. The monoisotopic (exact) mass is 501 g/mol. The molecule has 2 aliphatic rings. The van der Waals surface area contributed by atoms with Crippen LogP contribution in [0, 0.1) is 0 Å². The van der Waals surface area contributed by atoms with Gasteiger partial charge in [0.25, 0.3) is 0 Å². The van der Waals surface area contributed by atoms with Crippen molar-refractivity contribution < 1.29 is 33.5 Å². The van der Waals surface area contributed by atoms with Crippen LogP contribution in [-0.2, 0) is 23.6 Å². The van der Waals surface area contributed by atoms with E-state index in [1.165, 1.54) is 12.8 Å². The van der Waals surface area contributed by atoms with Gasteiger partial charge in [0.15, 0.2) is 0 Å². The normalized spacial score (nSPS) is 22.2. The van der Waals surface area contributed by atoms with Gasteiger partial charge in [-0.05, 0) is 61.2 Å². The molecule has 0 saturated carbocycles. The third-order valence-electron chi connectivity index (χ3n) is 5.68. The second-order valence-corrected chi connectivity index (χ2v) is 10.5. The van der Waals surface area contributed by atoms with Gasteiger partial charge < -0.3 is 35.1 Å². The summed E-state index contributed by atoms with van der Waals surface area (Å²) in [4.78, 5) is 33.7. The number of nitrogens with one attached hydrogen (secondary N) is 3. The molecular weight excluding hydrogens is 453 g/mol. The Morgan fingerprint density at radius 3 is 2.09 bits per heavy atom. The first-order chi connectivity index (χ1) is 16.1. The average Bonchev–Trinajstić information content (AvgIpc) is 3.27. The van der Waals surface area contributed by atoms with Crippen LogP contribution in [0.25, 0.3) is 0 Å². The first kappa shape index (κ1) is 33.2. The zero-order valence-corrected chi connectivity index (χ0v) is 23.4. The van der Waals surface area contributed by atoms with Crippen LogP contribution in [0.1, 0.15) is 88.5 Å². The van der Waals surface area contributed by atoms with E-state index in [-0.39, 0.29) is 36.8 Å². The van der Waals surface area contributed by atoms with E-state index in [2.05, 4.69) is 50.6 Å². The Labute approximate surface area is 211 Å². The number of ether oxygens (including phenoxy) is 1. The molecule has 2 saturated heterocycles. The van der Waals surface area contributed by atoms with Gasteiger partial charge in [-0.1, -0.05) is 33.6 Å². The Balaban J connectivity index is 0.000000665. The Hall–Kier alpha value is -1.85. The smallest absolute Gasteiger partial charge is 0.457 e. The van der Waals surface area contributed by atoms with Crippen LogP contribution in [-0.4, -0.2) is 72.2 Å². The van der Waals surface area contributed by atoms with Crippen molar-refractivity contribution in [3.8, 4) is 0 Å². The molecule has 2 fully saturated rings. The second kappa shape index (κ2) is 14.7. The molecule has 4 N–H and O–H groups in total. The summed E-state index contributed by atoms with van der Waals surface area (Å²) in [6.45, 7) is 19.9. The lowest BCUT2D eigenvalue weighted by atomic mass is 9.82. The first-order valence-electron chi connectivity index (χ1n) is 12.6. The third kappa shape index (κ3) is 12.6. The summed E-state index contributed by atoms with van der Waals surface area (Å²) in [7, 11) is 0.00458. The number of amides is 2. The molecule has 10 nitrogen and oxygen atoms in total. The molecule has 2 atom stereocenters. The highest BCUT2D eigenvalue weighted by atomic mass is 16.7. The lowest BCUT2D eigenvalue weighted by Crippen LogP contribution is -2.43. The predicted octanol–water partition coefficient (Wildman–Crippen LogP) is 3.35. The zero-order chi connectivity index (χ0) is 27.4. The van der Waals surface area contributed by atoms with Gasteiger partial charge >= 0.3 is 19.2 Å². The standard InChI is InChI=1S/C12H21N3O5.C10H21BO2.C2H6/c1-12(2,3)20-11(19)14-6-9(16)15-7-4-8(10(17)18)13-5-7;1-6-7-8-11-12-9(2,3)10(4,5)13-11;1-2/h7-8,13H,4-6H2,1-3H3,(H,14,19)(H,15,16)(H,17,18);6-8H2,1-5H3;1-2H3. The fourth-order valence-electron chi connectivity index (χ4n) is 3.23. The topological polar surface area (TPSA) is 135 Å². The van der Waals surface area contributed by atoms with E-state index in [1.54, 1.807) is 20.8 Å². The van der Waals surface area contributed by atoms with Crippen LogP contribution in [0.2, 0.25) is 6.32 Å². The number of aliphatic carboxylic acids is 1.